The van der Waals surface area contributed by atoms with Crippen molar-refractivity contribution in [3.63, 3.8) is 0 Å². The number of benzene rings is 1. The van der Waals surface area contributed by atoms with Gasteiger partial charge in [0.2, 0.25) is 11.1 Å². The summed E-state index contributed by atoms with van der Waals surface area (Å²) in [7, 11) is 1.39. The lowest BCUT2D eigenvalue weighted by molar-refractivity contribution is -0.136. The van der Waals surface area contributed by atoms with Crippen molar-refractivity contribution in [1.82, 2.24) is 14.8 Å². The van der Waals surface area contributed by atoms with E-state index in [1.807, 2.05) is 31.2 Å². The maximum atomic E-state index is 12.7. The van der Waals surface area contributed by atoms with Gasteiger partial charge < -0.3 is 14.8 Å². The molecule has 0 radical (unpaired) electrons. The Kier molecular flexibility index (Phi) is 7.19. The highest BCUT2D eigenvalue weighted by molar-refractivity contribution is 7.99. The van der Waals surface area contributed by atoms with E-state index in [2.05, 4.69) is 24.1 Å². The molecule has 3 rings (SSSR count). The molecule has 2 aromatic rings. The Morgan fingerprint density at radius 2 is 2.07 bits per heavy atom. The van der Waals surface area contributed by atoms with Gasteiger partial charge in [0.15, 0.2) is 0 Å². The van der Waals surface area contributed by atoms with E-state index < -0.39 is 12.0 Å². The zero-order valence-electron chi connectivity index (χ0n) is 17.4. The number of unbranched alkanes of at least 4 members (excludes halogenated alkanes) is 1. The Hall–Kier alpha value is -2.48. The molecule has 1 aliphatic heterocycles. The van der Waals surface area contributed by atoms with Gasteiger partial charge in [-0.1, -0.05) is 50.2 Å². The molecule has 1 aromatic heterocycles. The Balaban J connectivity index is 2.08. The van der Waals surface area contributed by atoms with Gasteiger partial charge in [-0.3, -0.25) is 0 Å². The van der Waals surface area contributed by atoms with E-state index in [9.17, 15) is 4.79 Å². The number of nitrogens with zero attached hydrogens (tertiary/aromatic N) is 3. The number of ether oxygens (including phenoxy) is 2. The lowest BCUT2D eigenvalue weighted by Crippen LogP contribution is -2.29. The maximum Gasteiger partial charge on any atom is 0.338 e. The summed E-state index contributed by atoms with van der Waals surface area (Å²) in [6, 6.07) is 7.31. The Labute approximate surface area is 175 Å². The van der Waals surface area contributed by atoms with Gasteiger partial charge in [0.05, 0.1) is 19.3 Å². The second-order valence-electron chi connectivity index (χ2n) is 6.81. The SMILES string of the molecule is CCCCOc1ccccc1C1C(C(=O)OC)=C(C)Nc2nc(SCCC)nn21. The van der Waals surface area contributed by atoms with Crippen molar-refractivity contribution in [2.75, 3.05) is 24.8 Å². The van der Waals surface area contributed by atoms with E-state index in [4.69, 9.17) is 14.6 Å². The van der Waals surface area contributed by atoms with Gasteiger partial charge in [-0.25, -0.2) is 9.48 Å². The second-order valence-corrected chi connectivity index (χ2v) is 7.87. The summed E-state index contributed by atoms with van der Waals surface area (Å²) in [5.41, 5.74) is 2.07. The maximum absolute atomic E-state index is 12.7. The summed E-state index contributed by atoms with van der Waals surface area (Å²) in [5.74, 6) is 1.89. The normalized spacial score (nSPS) is 15.7. The summed E-state index contributed by atoms with van der Waals surface area (Å²) in [6.45, 7) is 6.73. The molecular formula is C21H28N4O3S. The van der Waals surface area contributed by atoms with Crippen LogP contribution in [0.15, 0.2) is 40.7 Å². The van der Waals surface area contributed by atoms with Crippen molar-refractivity contribution in [3.05, 3.63) is 41.1 Å². The molecule has 7 nitrogen and oxygen atoms in total. The van der Waals surface area contributed by atoms with Crippen LogP contribution in [-0.4, -0.2) is 40.2 Å². The molecule has 1 aliphatic rings. The van der Waals surface area contributed by atoms with Crippen LogP contribution in [-0.2, 0) is 9.53 Å². The summed E-state index contributed by atoms with van der Waals surface area (Å²) in [5, 5.41) is 8.58. The van der Waals surface area contributed by atoms with Gasteiger partial charge in [-0.15, -0.1) is 5.10 Å². The summed E-state index contributed by atoms with van der Waals surface area (Å²) in [4.78, 5) is 17.3. The van der Waals surface area contributed by atoms with Gasteiger partial charge in [0, 0.05) is 17.0 Å². The van der Waals surface area contributed by atoms with Crippen LogP contribution in [0.25, 0.3) is 0 Å². The molecule has 0 spiro atoms. The molecule has 0 amide bonds. The van der Waals surface area contributed by atoms with Crippen LogP contribution < -0.4 is 10.1 Å². The first-order chi connectivity index (χ1) is 14.1. The number of esters is 1. The van der Waals surface area contributed by atoms with Crippen molar-refractivity contribution < 1.29 is 14.3 Å². The molecule has 0 bridgehead atoms. The number of hydrogen-bond donors (Lipinski definition) is 1. The number of hydrogen-bond acceptors (Lipinski definition) is 7. The fraction of sp³-hybridized carbons (Fsp3) is 0.476. The van der Waals surface area contributed by atoms with Gasteiger partial charge in [0.1, 0.15) is 11.8 Å². The van der Waals surface area contributed by atoms with Crippen LogP contribution >= 0.6 is 11.8 Å². The Bertz CT molecular complexity index is 894. The molecule has 8 heteroatoms. The van der Waals surface area contributed by atoms with Gasteiger partial charge in [-0.2, -0.15) is 4.98 Å². The predicted octanol–water partition coefficient (Wildman–Crippen LogP) is 4.42. The summed E-state index contributed by atoms with van der Waals surface area (Å²) in [6.07, 6.45) is 3.04. The molecule has 29 heavy (non-hydrogen) atoms. The van der Waals surface area contributed by atoms with Crippen LogP contribution in [0.4, 0.5) is 5.95 Å². The van der Waals surface area contributed by atoms with E-state index in [0.717, 1.165) is 36.3 Å². The third kappa shape index (κ3) is 4.58. The highest BCUT2D eigenvalue weighted by Crippen LogP contribution is 2.40. The second kappa shape index (κ2) is 9.82. The van der Waals surface area contributed by atoms with Gasteiger partial charge in [0.25, 0.3) is 0 Å². The minimum atomic E-state index is -0.472. The number of para-hydroxylation sites is 1. The number of aromatic nitrogens is 3. The first kappa shape index (κ1) is 21.2. The van der Waals surface area contributed by atoms with Crippen molar-refractivity contribution in [3.8, 4) is 5.75 Å². The molecule has 1 atom stereocenters. The quantitative estimate of drug-likeness (QED) is 0.368. The lowest BCUT2D eigenvalue weighted by atomic mass is 9.95. The number of carbonyl (C=O) groups excluding carboxylic acids is 1. The molecule has 1 N–H and O–H groups in total. The number of nitrogens with one attached hydrogen (secondary N) is 1. The molecule has 2 heterocycles. The van der Waals surface area contributed by atoms with Gasteiger partial charge >= 0.3 is 5.97 Å². The van der Waals surface area contributed by atoms with Crippen molar-refractivity contribution in [2.24, 2.45) is 0 Å². The average molecular weight is 417 g/mol. The first-order valence-electron chi connectivity index (χ1n) is 9.97. The molecule has 1 unspecified atom stereocenters. The molecule has 0 saturated heterocycles. The van der Waals surface area contributed by atoms with E-state index >= 15 is 0 Å². The molecular weight excluding hydrogens is 388 g/mol. The number of rotatable bonds is 9. The fourth-order valence-corrected chi connectivity index (χ4v) is 3.90. The number of anilines is 1. The van der Waals surface area contributed by atoms with Crippen LogP contribution in [0.1, 0.15) is 51.6 Å². The first-order valence-corrected chi connectivity index (χ1v) is 11.0. The summed E-state index contributed by atoms with van der Waals surface area (Å²) < 4.78 is 12.9. The number of thioether (sulfide) groups is 1. The van der Waals surface area contributed by atoms with Crippen LogP contribution in [0.3, 0.4) is 0 Å². The average Bonchev–Trinajstić information content (AvgIpc) is 3.13. The van der Waals surface area contributed by atoms with Gasteiger partial charge in [-0.05, 0) is 25.8 Å². The smallest absolute Gasteiger partial charge is 0.338 e. The van der Waals surface area contributed by atoms with E-state index in [-0.39, 0.29) is 0 Å². The van der Waals surface area contributed by atoms with Crippen LogP contribution in [0.5, 0.6) is 5.75 Å². The number of fused-ring (bicyclic) bond motifs is 1. The van der Waals surface area contributed by atoms with Crippen molar-refractivity contribution in [1.29, 1.82) is 0 Å². The Morgan fingerprint density at radius 1 is 1.28 bits per heavy atom. The highest BCUT2D eigenvalue weighted by atomic mass is 32.2. The zero-order valence-corrected chi connectivity index (χ0v) is 18.2. The third-order valence-electron chi connectivity index (χ3n) is 4.64. The van der Waals surface area contributed by atoms with E-state index in [0.29, 0.717) is 29.0 Å². The molecule has 1 aromatic carbocycles. The highest BCUT2D eigenvalue weighted by Gasteiger charge is 2.36. The predicted molar refractivity (Wildman–Crippen MR) is 114 cm³/mol. The monoisotopic (exact) mass is 416 g/mol. The lowest BCUT2D eigenvalue weighted by Gasteiger charge is -2.29. The molecule has 0 saturated carbocycles. The van der Waals surface area contributed by atoms with Crippen molar-refractivity contribution >= 4 is 23.7 Å². The minimum Gasteiger partial charge on any atom is -0.493 e. The topological polar surface area (TPSA) is 78.3 Å². The van der Waals surface area contributed by atoms with Crippen LogP contribution in [0, 0.1) is 0 Å². The van der Waals surface area contributed by atoms with Crippen LogP contribution in [0.2, 0.25) is 0 Å². The molecule has 0 fully saturated rings. The van der Waals surface area contributed by atoms with E-state index in [1.165, 1.54) is 7.11 Å². The number of methoxy groups -OCH3 is 1. The zero-order chi connectivity index (χ0) is 20.8. The molecule has 0 aliphatic carbocycles. The van der Waals surface area contributed by atoms with Crippen molar-refractivity contribution in [2.45, 2.75) is 51.2 Å². The Morgan fingerprint density at radius 3 is 2.79 bits per heavy atom. The largest absolute Gasteiger partial charge is 0.493 e. The summed E-state index contributed by atoms with van der Waals surface area (Å²) >= 11 is 1.60. The number of carbonyl (C=O) groups is 1. The fourth-order valence-electron chi connectivity index (χ4n) is 3.21. The number of allylic oxidation sites excluding steroid dienone is 1. The minimum absolute atomic E-state index is 0.396. The van der Waals surface area contributed by atoms with E-state index in [1.54, 1.807) is 16.4 Å². The molecule has 156 valence electrons. The third-order valence-corrected chi connectivity index (χ3v) is 5.69. The standard InChI is InChI=1S/C21H28N4O3S/c1-5-7-12-28-16-11-9-8-10-15(16)18-17(19(26)27-4)14(3)22-20-23-21(24-25(18)20)29-13-6-2/h8-11,18H,5-7,12-13H2,1-4H3,(H,22,23,24).